The first-order valence-electron chi connectivity index (χ1n) is 7.79. The third-order valence-electron chi connectivity index (χ3n) is 3.97. The van der Waals surface area contributed by atoms with Crippen LogP contribution < -0.4 is 10.5 Å². The van der Waals surface area contributed by atoms with Gasteiger partial charge in [-0.15, -0.1) is 6.42 Å². The lowest BCUT2D eigenvalue weighted by molar-refractivity contribution is 0.537. The lowest BCUT2D eigenvalue weighted by atomic mass is 10.0. The molecule has 0 aromatic heterocycles. The summed E-state index contributed by atoms with van der Waals surface area (Å²) in [5.41, 5.74) is 2.44. The van der Waals surface area contributed by atoms with E-state index in [1.165, 1.54) is 16.3 Å². The molecule has 0 aliphatic carbocycles. The van der Waals surface area contributed by atoms with Gasteiger partial charge in [-0.1, -0.05) is 85.3 Å². The Hall–Kier alpha value is -1.82. The summed E-state index contributed by atoms with van der Waals surface area (Å²) in [5.74, 6) is 2.90. The fourth-order valence-electron chi connectivity index (χ4n) is 2.51. The van der Waals surface area contributed by atoms with Gasteiger partial charge in [0.2, 0.25) is 0 Å². The Labute approximate surface area is 135 Å². The maximum absolute atomic E-state index is 5.79. The summed E-state index contributed by atoms with van der Waals surface area (Å²) >= 11 is 0. The Balaban J connectivity index is 2.21. The molecule has 2 unspecified atom stereocenters. The van der Waals surface area contributed by atoms with Gasteiger partial charge >= 0.3 is 0 Å². The van der Waals surface area contributed by atoms with Gasteiger partial charge < -0.3 is 0 Å². The van der Waals surface area contributed by atoms with Gasteiger partial charge in [0, 0.05) is 6.04 Å². The molecule has 0 aliphatic heterocycles. The van der Waals surface area contributed by atoms with E-state index in [1.54, 1.807) is 0 Å². The van der Waals surface area contributed by atoms with E-state index in [0.717, 1.165) is 0 Å². The SMILES string of the molecule is C#CC(NC(C)c1ccccc1)c1cccc([Si](C)(C)C)c1. The third-order valence-corrected chi connectivity index (χ3v) is 6.01. The van der Waals surface area contributed by atoms with Crippen molar-refractivity contribution in [2.75, 3.05) is 0 Å². The summed E-state index contributed by atoms with van der Waals surface area (Å²) in [4.78, 5) is 0. The minimum atomic E-state index is -1.32. The molecule has 0 fully saturated rings. The normalized spacial score (nSPS) is 14.1. The van der Waals surface area contributed by atoms with Crippen LogP contribution >= 0.6 is 0 Å². The summed E-state index contributed by atoms with van der Waals surface area (Å²) in [5, 5.41) is 5.00. The van der Waals surface area contributed by atoms with Crippen LogP contribution in [0.3, 0.4) is 0 Å². The first-order valence-corrected chi connectivity index (χ1v) is 11.3. The van der Waals surface area contributed by atoms with Gasteiger partial charge in [-0.25, -0.2) is 0 Å². The van der Waals surface area contributed by atoms with Gasteiger partial charge in [-0.2, -0.15) is 0 Å². The van der Waals surface area contributed by atoms with Crippen LogP contribution in [0.2, 0.25) is 19.6 Å². The smallest absolute Gasteiger partial charge is 0.0947 e. The van der Waals surface area contributed by atoms with Gasteiger partial charge in [0.1, 0.15) is 0 Å². The Morgan fingerprint density at radius 3 is 2.18 bits per heavy atom. The van der Waals surface area contributed by atoms with Crippen LogP contribution in [-0.4, -0.2) is 8.07 Å². The maximum Gasteiger partial charge on any atom is 0.0947 e. The topological polar surface area (TPSA) is 12.0 Å². The molecule has 0 saturated carbocycles. The highest BCUT2D eigenvalue weighted by molar-refractivity contribution is 6.88. The van der Waals surface area contributed by atoms with Crippen molar-refractivity contribution < 1.29 is 0 Å². The number of hydrogen-bond acceptors (Lipinski definition) is 1. The van der Waals surface area contributed by atoms with E-state index in [0.29, 0.717) is 0 Å². The third kappa shape index (κ3) is 4.10. The van der Waals surface area contributed by atoms with E-state index in [2.05, 4.69) is 86.3 Å². The average Bonchev–Trinajstić information content (AvgIpc) is 2.52. The fraction of sp³-hybridized carbons (Fsp3) is 0.300. The maximum atomic E-state index is 5.79. The molecular formula is C20H25NSi. The number of rotatable bonds is 5. The van der Waals surface area contributed by atoms with Gasteiger partial charge in [0.15, 0.2) is 0 Å². The minimum Gasteiger partial charge on any atom is -0.293 e. The molecule has 2 rings (SSSR count). The predicted molar refractivity (Wildman–Crippen MR) is 99.0 cm³/mol. The molecule has 0 aliphatic rings. The Bertz CT molecular complexity index is 649. The second-order valence-electron chi connectivity index (χ2n) is 6.77. The molecule has 0 amide bonds. The van der Waals surface area contributed by atoms with Crippen molar-refractivity contribution in [1.29, 1.82) is 0 Å². The van der Waals surface area contributed by atoms with Crippen LogP contribution in [0.15, 0.2) is 54.6 Å². The van der Waals surface area contributed by atoms with Crippen LogP contribution in [-0.2, 0) is 0 Å². The van der Waals surface area contributed by atoms with E-state index in [-0.39, 0.29) is 12.1 Å². The standard InChI is InChI=1S/C20H25NSi/c1-6-20(21-16(2)17-11-8-7-9-12-17)18-13-10-14-19(15-18)22(3,4)5/h1,7-16,20-21H,2-5H3. The lowest BCUT2D eigenvalue weighted by Gasteiger charge is -2.23. The Morgan fingerprint density at radius 1 is 0.955 bits per heavy atom. The predicted octanol–water partition coefficient (Wildman–Crippen LogP) is 4.26. The molecule has 22 heavy (non-hydrogen) atoms. The zero-order valence-electron chi connectivity index (χ0n) is 13.9. The first-order chi connectivity index (χ1) is 10.4. The monoisotopic (exact) mass is 307 g/mol. The van der Waals surface area contributed by atoms with Gasteiger partial charge in [0.25, 0.3) is 0 Å². The van der Waals surface area contributed by atoms with Gasteiger partial charge in [0.05, 0.1) is 14.1 Å². The highest BCUT2D eigenvalue weighted by atomic mass is 28.3. The van der Waals surface area contributed by atoms with Gasteiger partial charge in [-0.05, 0) is 18.1 Å². The molecule has 2 heteroatoms. The molecule has 2 aromatic carbocycles. The first kappa shape index (κ1) is 16.5. The van der Waals surface area contributed by atoms with E-state index >= 15 is 0 Å². The highest BCUT2D eigenvalue weighted by Gasteiger charge is 2.19. The van der Waals surface area contributed by atoms with Crippen molar-refractivity contribution in [1.82, 2.24) is 5.32 Å². The summed E-state index contributed by atoms with van der Waals surface area (Å²) in [7, 11) is -1.32. The van der Waals surface area contributed by atoms with E-state index in [1.807, 2.05) is 6.07 Å². The van der Waals surface area contributed by atoms with Crippen molar-refractivity contribution in [2.45, 2.75) is 38.6 Å². The van der Waals surface area contributed by atoms with Crippen molar-refractivity contribution in [3.05, 3.63) is 65.7 Å². The number of nitrogens with one attached hydrogen (secondary N) is 1. The fourth-order valence-corrected chi connectivity index (χ4v) is 3.71. The number of terminal acetylenes is 1. The summed E-state index contributed by atoms with van der Waals surface area (Å²) in [6.45, 7) is 9.23. The summed E-state index contributed by atoms with van der Waals surface area (Å²) < 4.78 is 0. The van der Waals surface area contributed by atoms with Crippen molar-refractivity contribution in [2.24, 2.45) is 0 Å². The van der Waals surface area contributed by atoms with Crippen molar-refractivity contribution >= 4 is 13.3 Å². The van der Waals surface area contributed by atoms with Crippen molar-refractivity contribution in [3.63, 3.8) is 0 Å². The van der Waals surface area contributed by atoms with Crippen molar-refractivity contribution in [3.8, 4) is 12.3 Å². The Morgan fingerprint density at radius 2 is 1.59 bits per heavy atom. The lowest BCUT2D eigenvalue weighted by Crippen LogP contribution is -2.38. The largest absolute Gasteiger partial charge is 0.293 e. The van der Waals surface area contributed by atoms with Crippen LogP contribution in [0.5, 0.6) is 0 Å². The molecule has 114 valence electrons. The van der Waals surface area contributed by atoms with Crippen LogP contribution in [0.4, 0.5) is 0 Å². The molecule has 0 radical (unpaired) electrons. The summed E-state index contributed by atoms with van der Waals surface area (Å²) in [6.07, 6.45) is 5.79. The van der Waals surface area contributed by atoms with E-state index < -0.39 is 8.07 Å². The van der Waals surface area contributed by atoms with E-state index in [9.17, 15) is 0 Å². The molecule has 2 atom stereocenters. The average molecular weight is 308 g/mol. The van der Waals surface area contributed by atoms with Crippen LogP contribution in [0.1, 0.15) is 30.1 Å². The molecule has 0 bridgehead atoms. The summed E-state index contributed by atoms with van der Waals surface area (Å²) in [6, 6.07) is 19.3. The molecule has 0 heterocycles. The number of hydrogen-bond donors (Lipinski definition) is 1. The molecule has 1 N–H and O–H groups in total. The highest BCUT2D eigenvalue weighted by Crippen LogP contribution is 2.19. The van der Waals surface area contributed by atoms with Crippen LogP contribution in [0, 0.1) is 12.3 Å². The van der Waals surface area contributed by atoms with Crippen LogP contribution in [0.25, 0.3) is 0 Å². The molecule has 0 saturated heterocycles. The molecule has 2 aromatic rings. The Kier molecular flexibility index (Phi) is 5.23. The van der Waals surface area contributed by atoms with Gasteiger partial charge in [-0.3, -0.25) is 5.32 Å². The number of benzene rings is 2. The second-order valence-corrected chi connectivity index (χ2v) is 11.9. The zero-order valence-corrected chi connectivity index (χ0v) is 14.9. The zero-order chi connectivity index (χ0) is 16.2. The molecular weight excluding hydrogens is 282 g/mol. The molecule has 1 nitrogen and oxygen atoms in total. The minimum absolute atomic E-state index is 0.0634. The quantitative estimate of drug-likeness (QED) is 0.643. The van der Waals surface area contributed by atoms with E-state index in [4.69, 9.17) is 6.42 Å². The molecule has 0 spiro atoms. The second kappa shape index (κ2) is 6.96.